The fourth-order valence-electron chi connectivity index (χ4n) is 14.1. The van der Waals surface area contributed by atoms with Gasteiger partial charge in [0.2, 0.25) is 0 Å². The summed E-state index contributed by atoms with van der Waals surface area (Å²) in [6.07, 6.45) is 22.0. The van der Waals surface area contributed by atoms with Crippen LogP contribution in [0.25, 0.3) is 167 Å². The summed E-state index contributed by atoms with van der Waals surface area (Å²) in [5.74, 6) is 0. The monoisotopic (exact) mass is 1310 g/mol. The number of nitrogens with zero attached hydrogens (tertiary/aromatic N) is 18. The van der Waals surface area contributed by atoms with Crippen molar-refractivity contribution in [3.8, 4) is 34.1 Å². The molecule has 0 fully saturated rings. The molecule has 0 N–H and O–H groups in total. The van der Waals surface area contributed by atoms with Crippen LogP contribution in [-0.4, -0.2) is 87.2 Å². The maximum absolute atomic E-state index is 5.07. The van der Waals surface area contributed by atoms with Crippen molar-refractivity contribution >= 4 is 132 Å². The fourth-order valence-corrected chi connectivity index (χ4v) is 14.1. The van der Waals surface area contributed by atoms with Gasteiger partial charge in [-0.05, 0) is 218 Å². The predicted molar refractivity (Wildman–Crippen MR) is 405 cm³/mol. The Labute approximate surface area is 579 Å². The van der Waals surface area contributed by atoms with Crippen LogP contribution in [0.3, 0.4) is 0 Å². The molecule has 13 heterocycles. The maximum atomic E-state index is 5.07. The Balaban J connectivity index is 1.07. The molecule has 0 amide bonds. The molecule has 0 atom stereocenters. The lowest BCUT2D eigenvalue weighted by atomic mass is 10.2. The lowest BCUT2D eigenvalue weighted by Crippen LogP contribution is -2.04. The Morgan fingerprint density at radius 2 is 0.284 bits per heavy atom. The summed E-state index contributed by atoms with van der Waals surface area (Å²) in [6, 6.07) is 87.3. The van der Waals surface area contributed by atoms with Crippen molar-refractivity contribution in [3.63, 3.8) is 0 Å². The summed E-state index contributed by atoms with van der Waals surface area (Å²) < 4.78 is 13.6. The molecular formula is C84H54N18. The summed E-state index contributed by atoms with van der Waals surface area (Å²) in [6.45, 7) is 0. The fraction of sp³-hybridized carbons (Fsp3) is 0. The van der Waals surface area contributed by atoms with Crippen molar-refractivity contribution < 1.29 is 0 Å². The van der Waals surface area contributed by atoms with Gasteiger partial charge in [0, 0.05) is 141 Å². The van der Waals surface area contributed by atoms with E-state index in [9.17, 15) is 0 Å². The van der Waals surface area contributed by atoms with E-state index in [0.717, 1.165) is 133 Å². The molecule has 0 aliphatic rings. The summed E-state index contributed by atoms with van der Waals surface area (Å²) in [5.41, 5.74) is 23.6. The van der Waals surface area contributed by atoms with E-state index < -0.39 is 0 Å². The van der Waals surface area contributed by atoms with E-state index in [0.29, 0.717) is 33.1 Å². The van der Waals surface area contributed by atoms with E-state index in [4.69, 9.17) is 59.8 Å². The third-order valence-electron chi connectivity index (χ3n) is 18.4. The minimum absolute atomic E-state index is 0.713. The Morgan fingerprint density at radius 3 is 0.431 bits per heavy atom. The highest BCUT2D eigenvalue weighted by Crippen LogP contribution is 2.34. The first-order valence-corrected chi connectivity index (χ1v) is 33.2. The zero-order valence-corrected chi connectivity index (χ0v) is 54.2. The van der Waals surface area contributed by atoms with Gasteiger partial charge in [0.25, 0.3) is 0 Å². The number of hydrogen-bond acceptors (Lipinski definition) is 12. The van der Waals surface area contributed by atoms with Crippen LogP contribution < -0.4 is 0 Å². The number of hydrogen-bond donors (Lipinski definition) is 0. The van der Waals surface area contributed by atoms with E-state index >= 15 is 0 Å². The quantitative estimate of drug-likeness (QED) is 0.154. The molecule has 12 bridgehead atoms. The second-order valence-electron chi connectivity index (χ2n) is 24.3. The average Bonchev–Trinajstić information content (AvgIpc) is 0.760. The number of aromatic nitrogens is 18. The predicted octanol–water partition coefficient (Wildman–Crippen LogP) is 18.1. The maximum Gasteiger partial charge on any atom is 0.113 e. The molecule has 6 aromatic carbocycles. The zero-order chi connectivity index (χ0) is 67.5. The molecule has 0 saturated heterocycles. The van der Waals surface area contributed by atoms with Gasteiger partial charge in [0.15, 0.2) is 0 Å². The van der Waals surface area contributed by atoms with Crippen molar-refractivity contribution in [2.75, 3.05) is 0 Å². The second kappa shape index (κ2) is 24.8. The smallest absolute Gasteiger partial charge is 0.113 e. The Morgan fingerprint density at radius 1 is 0.137 bits per heavy atom. The Hall–Kier alpha value is -14.5. The minimum Gasteiger partial charge on any atom is -0.308 e. The van der Waals surface area contributed by atoms with Crippen LogP contribution in [-0.2, 0) is 0 Å². The SMILES string of the molecule is c1cnc2c(-n3c4cccc(c4)n(-c4ccnc5cccnc45)c4cccc(c4)n(-c4ccnc5cccnc45)c4cccc(c4)n(-c4ccnc5cccnc45)c4cccc(c4)n(-c4ccnc5cccnc45)c4cccc(c4)n(-c4ccnc5cccnc45)c4cccc3c4)ccnc2c1. The highest BCUT2D eigenvalue weighted by atomic mass is 15.1. The molecule has 0 aliphatic carbocycles. The number of benzene rings is 6. The third kappa shape index (κ3) is 10.3. The lowest BCUT2D eigenvalue weighted by Gasteiger charge is -2.18. The molecule has 19 aromatic rings. The van der Waals surface area contributed by atoms with Gasteiger partial charge in [-0.2, -0.15) is 0 Å². The van der Waals surface area contributed by atoms with Crippen LogP contribution in [0.1, 0.15) is 0 Å². The van der Waals surface area contributed by atoms with Crippen LogP contribution in [0.15, 0.2) is 329 Å². The first-order valence-electron chi connectivity index (χ1n) is 33.2. The Bertz CT molecular complexity index is 5710. The van der Waals surface area contributed by atoms with Crippen molar-refractivity contribution in [1.29, 1.82) is 0 Å². The van der Waals surface area contributed by atoms with Gasteiger partial charge in [-0.3, -0.25) is 59.8 Å². The van der Waals surface area contributed by atoms with Crippen LogP contribution in [0.5, 0.6) is 0 Å². The summed E-state index contributed by atoms with van der Waals surface area (Å²) >= 11 is 0. The standard InChI is InChI=1S/C84H54N18/c1-13-55-49-56(14-1)98(74-32-44-86-68-26-8-38-92-80(68)74)58-16-3-18-60(51-58)100(76-34-46-88-70-28-10-40-94-82(70)76)62-20-5-22-64(53-62)102(78-36-48-90-72-30-12-42-96-84(72)78)66-24-6-23-65(54-66)101(77-35-47-89-71-29-11-41-95-83(71)77)63-21-4-19-61(52-63)99(75-33-45-87-69-27-9-39-93-81(69)75)59-17-2-15-57(50-59)97(55)73-31-43-85-67-25-7-37-91-79(67)73/h1-54H. The lowest BCUT2D eigenvalue weighted by molar-refractivity contribution is 1.11. The molecule has 18 heteroatoms. The Kier molecular flexibility index (Phi) is 14.3. The molecule has 18 nitrogen and oxygen atoms in total. The molecule has 0 saturated carbocycles. The van der Waals surface area contributed by atoms with Gasteiger partial charge in [-0.1, -0.05) is 36.4 Å². The topological polar surface area (TPSA) is 184 Å². The molecule has 480 valence electrons. The van der Waals surface area contributed by atoms with Crippen LogP contribution in [0.4, 0.5) is 0 Å². The largest absolute Gasteiger partial charge is 0.308 e. The van der Waals surface area contributed by atoms with Crippen molar-refractivity contribution in [1.82, 2.24) is 87.2 Å². The molecule has 19 rings (SSSR count). The van der Waals surface area contributed by atoms with Crippen LogP contribution in [0, 0.1) is 0 Å². The number of rotatable bonds is 6. The van der Waals surface area contributed by atoms with E-state index in [1.807, 2.05) is 184 Å². The normalized spacial score (nSPS) is 11.5. The second-order valence-corrected chi connectivity index (χ2v) is 24.3. The van der Waals surface area contributed by atoms with Crippen molar-refractivity contribution in [2.45, 2.75) is 0 Å². The van der Waals surface area contributed by atoms with Gasteiger partial charge in [-0.15, -0.1) is 0 Å². The van der Waals surface area contributed by atoms with Gasteiger partial charge in [0.05, 0.1) is 67.2 Å². The molecule has 0 aliphatic heterocycles. The first-order chi connectivity index (χ1) is 50.6. The van der Waals surface area contributed by atoms with Crippen LogP contribution >= 0.6 is 0 Å². The highest BCUT2D eigenvalue weighted by molar-refractivity contribution is 5.94. The molecule has 0 unspecified atom stereocenters. The molecule has 0 spiro atoms. The van der Waals surface area contributed by atoms with Gasteiger partial charge >= 0.3 is 0 Å². The number of fused-ring (bicyclic) bond motifs is 18. The van der Waals surface area contributed by atoms with Gasteiger partial charge < -0.3 is 27.4 Å². The molecule has 13 aromatic heterocycles. The first kappa shape index (κ1) is 58.8. The summed E-state index contributed by atoms with van der Waals surface area (Å²) in [7, 11) is 0. The van der Waals surface area contributed by atoms with Crippen LogP contribution in [0.2, 0.25) is 0 Å². The van der Waals surface area contributed by atoms with E-state index in [1.165, 1.54) is 0 Å². The highest BCUT2D eigenvalue weighted by Gasteiger charge is 2.18. The third-order valence-corrected chi connectivity index (χ3v) is 18.4. The van der Waals surface area contributed by atoms with Gasteiger partial charge in [0.1, 0.15) is 33.1 Å². The number of pyridine rings is 12. The molecular weight excluding hydrogens is 1260 g/mol. The van der Waals surface area contributed by atoms with Gasteiger partial charge in [-0.25, -0.2) is 0 Å². The van der Waals surface area contributed by atoms with E-state index in [2.05, 4.69) is 173 Å². The average molecular weight is 1320 g/mol. The van der Waals surface area contributed by atoms with E-state index in [1.54, 1.807) is 0 Å². The van der Waals surface area contributed by atoms with E-state index in [-0.39, 0.29) is 0 Å². The van der Waals surface area contributed by atoms with Crippen molar-refractivity contribution in [2.24, 2.45) is 0 Å². The zero-order valence-electron chi connectivity index (χ0n) is 54.2. The minimum atomic E-state index is 0.713. The van der Waals surface area contributed by atoms with Crippen molar-refractivity contribution in [3.05, 3.63) is 329 Å². The molecule has 0 radical (unpaired) electrons. The summed E-state index contributed by atoms with van der Waals surface area (Å²) in [5, 5.41) is 0. The summed E-state index contributed by atoms with van der Waals surface area (Å²) in [4.78, 5) is 59.6. The molecule has 102 heavy (non-hydrogen) atoms.